The van der Waals surface area contributed by atoms with E-state index in [1.165, 1.54) is 0 Å². The third-order valence-corrected chi connectivity index (χ3v) is 2.91. The first kappa shape index (κ1) is 23.0. The van der Waals surface area contributed by atoms with E-state index in [1.54, 1.807) is 7.05 Å². The van der Waals surface area contributed by atoms with E-state index < -0.39 is 12.6 Å². The molecule has 0 atom stereocenters. The molecular formula is C13H28F3IN4. The van der Waals surface area contributed by atoms with E-state index in [0.717, 1.165) is 6.54 Å². The van der Waals surface area contributed by atoms with E-state index in [2.05, 4.69) is 48.2 Å². The number of nitrogens with zero attached hydrogens (tertiary/aromatic N) is 2. The molecule has 21 heavy (non-hydrogen) atoms. The van der Waals surface area contributed by atoms with Crippen molar-refractivity contribution >= 4 is 29.9 Å². The molecule has 0 aromatic heterocycles. The van der Waals surface area contributed by atoms with Crippen molar-refractivity contribution in [3.8, 4) is 0 Å². The fourth-order valence-electron chi connectivity index (χ4n) is 1.96. The Morgan fingerprint density at radius 1 is 1.05 bits per heavy atom. The highest BCUT2D eigenvalue weighted by atomic mass is 127. The molecule has 0 aromatic carbocycles. The maximum Gasteiger partial charge on any atom is 0.390 e. The van der Waals surface area contributed by atoms with E-state index in [-0.39, 0.29) is 30.5 Å². The molecule has 128 valence electrons. The Labute approximate surface area is 143 Å². The Morgan fingerprint density at radius 2 is 1.52 bits per heavy atom. The van der Waals surface area contributed by atoms with Gasteiger partial charge in [-0.2, -0.15) is 13.2 Å². The lowest BCUT2D eigenvalue weighted by atomic mass is 10.2. The van der Waals surface area contributed by atoms with Crippen LogP contribution in [0.15, 0.2) is 4.99 Å². The summed E-state index contributed by atoms with van der Waals surface area (Å²) in [5, 5.41) is 5.68. The molecule has 0 saturated heterocycles. The first-order valence-electron chi connectivity index (χ1n) is 6.94. The van der Waals surface area contributed by atoms with Crippen LogP contribution in [-0.2, 0) is 0 Å². The fourth-order valence-corrected chi connectivity index (χ4v) is 1.96. The van der Waals surface area contributed by atoms with Crippen molar-refractivity contribution in [1.29, 1.82) is 0 Å². The number of alkyl halides is 3. The van der Waals surface area contributed by atoms with Crippen LogP contribution in [0.25, 0.3) is 0 Å². The molecule has 2 N–H and O–H groups in total. The zero-order valence-corrected chi connectivity index (χ0v) is 15.8. The van der Waals surface area contributed by atoms with Gasteiger partial charge in [-0.05, 0) is 27.7 Å². The number of halogens is 4. The van der Waals surface area contributed by atoms with Crippen molar-refractivity contribution in [2.24, 2.45) is 4.99 Å². The molecule has 0 heterocycles. The highest BCUT2D eigenvalue weighted by Crippen LogP contribution is 2.17. The maximum absolute atomic E-state index is 12.0. The third-order valence-electron chi connectivity index (χ3n) is 2.91. The molecule has 0 fully saturated rings. The van der Waals surface area contributed by atoms with Gasteiger partial charge in [0.05, 0.1) is 6.42 Å². The van der Waals surface area contributed by atoms with Gasteiger partial charge in [0, 0.05) is 38.8 Å². The smallest absolute Gasteiger partial charge is 0.356 e. The molecule has 4 nitrogen and oxygen atoms in total. The Morgan fingerprint density at radius 3 is 1.90 bits per heavy atom. The van der Waals surface area contributed by atoms with E-state index in [1.807, 2.05) is 0 Å². The van der Waals surface area contributed by atoms with Crippen LogP contribution in [0.3, 0.4) is 0 Å². The van der Waals surface area contributed by atoms with Gasteiger partial charge in [-0.15, -0.1) is 24.0 Å². The van der Waals surface area contributed by atoms with Gasteiger partial charge in [0.25, 0.3) is 0 Å². The summed E-state index contributed by atoms with van der Waals surface area (Å²) >= 11 is 0. The quantitative estimate of drug-likeness (QED) is 0.375. The molecule has 0 unspecified atom stereocenters. The Bertz CT molecular complexity index is 286. The minimum absolute atomic E-state index is 0. The molecule has 0 rings (SSSR count). The number of hydrogen-bond acceptors (Lipinski definition) is 2. The molecule has 0 spiro atoms. The zero-order chi connectivity index (χ0) is 15.8. The average Bonchev–Trinajstić information content (AvgIpc) is 2.29. The monoisotopic (exact) mass is 424 g/mol. The summed E-state index contributed by atoms with van der Waals surface area (Å²) < 4.78 is 36.1. The first-order valence-corrected chi connectivity index (χ1v) is 6.94. The normalized spacial score (nSPS) is 12.8. The zero-order valence-electron chi connectivity index (χ0n) is 13.4. The van der Waals surface area contributed by atoms with Crippen LogP contribution >= 0.6 is 24.0 Å². The SMILES string of the molecule is CN=C(NCCN(C(C)C)C(C)C)NCCC(F)(F)F.I. The second kappa shape index (κ2) is 11.3. The van der Waals surface area contributed by atoms with Crippen LogP contribution in [0.2, 0.25) is 0 Å². The van der Waals surface area contributed by atoms with E-state index in [0.29, 0.717) is 24.6 Å². The van der Waals surface area contributed by atoms with Crippen molar-refractivity contribution in [2.75, 3.05) is 26.7 Å². The predicted molar refractivity (Wildman–Crippen MR) is 92.4 cm³/mol. The second-order valence-electron chi connectivity index (χ2n) is 5.22. The molecular weight excluding hydrogens is 396 g/mol. The summed E-state index contributed by atoms with van der Waals surface area (Å²) in [7, 11) is 1.55. The molecule has 0 saturated carbocycles. The standard InChI is InChI=1S/C13H27F3N4.HI/c1-10(2)20(11(3)4)9-8-19-12(17-5)18-7-6-13(14,15)16;/h10-11H,6-9H2,1-5H3,(H2,17,18,19);1H. The lowest BCUT2D eigenvalue weighted by molar-refractivity contribution is -0.132. The van der Waals surface area contributed by atoms with Crippen molar-refractivity contribution in [2.45, 2.75) is 52.4 Å². The third kappa shape index (κ3) is 12.0. The van der Waals surface area contributed by atoms with Gasteiger partial charge in [-0.1, -0.05) is 0 Å². The van der Waals surface area contributed by atoms with Crippen molar-refractivity contribution in [3.63, 3.8) is 0 Å². The van der Waals surface area contributed by atoms with Gasteiger partial charge in [-0.3, -0.25) is 9.89 Å². The Balaban J connectivity index is 0. The summed E-state index contributed by atoms with van der Waals surface area (Å²) in [6.45, 7) is 9.78. The molecule has 0 bridgehead atoms. The largest absolute Gasteiger partial charge is 0.390 e. The van der Waals surface area contributed by atoms with Crippen molar-refractivity contribution in [1.82, 2.24) is 15.5 Å². The second-order valence-corrected chi connectivity index (χ2v) is 5.22. The molecule has 0 aliphatic heterocycles. The fraction of sp³-hybridized carbons (Fsp3) is 0.923. The number of hydrogen-bond donors (Lipinski definition) is 2. The highest BCUT2D eigenvalue weighted by Gasteiger charge is 2.26. The van der Waals surface area contributed by atoms with Gasteiger partial charge in [0.15, 0.2) is 5.96 Å². The number of rotatable bonds is 7. The highest BCUT2D eigenvalue weighted by molar-refractivity contribution is 14.0. The van der Waals surface area contributed by atoms with Gasteiger partial charge < -0.3 is 10.6 Å². The topological polar surface area (TPSA) is 39.7 Å². The molecule has 0 amide bonds. The molecule has 0 aliphatic rings. The maximum atomic E-state index is 12.0. The van der Waals surface area contributed by atoms with E-state index in [4.69, 9.17) is 0 Å². The molecule has 0 aliphatic carbocycles. The summed E-state index contributed by atoms with van der Waals surface area (Å²) in [5.41, 5.74) is 0. The van der Waals surface area contributed by atoms with Gasteiger partial charge in [0.2, 0.25) is 0 Å². The number of nitrogens with one attached hydrogen (secondary N) is 2. The summed E-state index contributed by atoms with van der Waals surface area (Å²) in [4.78, 5) is 6.20. The van der Waals surface area contributed by atoms with Gasteiger partial charge in [0.1, 0.15) is 0 Å². The number of aliphatic imine (C=N–C) groups is 1. The van der Waals surface area contributed by atoms with Crippen LogP contribution < -0.4 is 10.6 Å². The van der Waals surface area contributed by atoms with Crippen LogP contribution in [0, 0.1) is 0 Å². The van der Waals surface area contributed by atoms with Crippen LogP contribution in [0.4, 0.5) is 13.2 Å². The lowest BCUT2D eigenvalue weighted by Crippen LogP contribution is -2.45. The number of guanidine groups is 1. The van der Waals surface area contributed by atoms with Gasteiger partial charge >= 0.3 is 6.18 Å². The van der Waals surface area contributed by atoms with Gasteiger partial charge in [-0.25, -0.2) is 0 Å². The first-order chi connectivity index (χ1) is 9.17. The minimum Gasteiger partial charge on any atom is -0.356 e. The van der Waals surface area contributed by atoms with Crippen LogP contribution in [0.1, 0.15) is 34.1 Å². The van der Waals surface area contributed by atoms with Crippen molar-refractivity contribution in [3.05, 3.63) is 0 Å². The summed E-state index contributed by atoms with van der Waals surface area (Å²) in [6.07, 6.45) is -5.00. The molecule has 8 heteroatoms. The summed E-state index contributed by atoms with van der Waals surface area (Å²) in [5.74, 6) is 0.404. The van der Waals surface area contributed by atoms with E-state index in [9.17, 15) is 13.2 Å². The van der Waals surface area contributed by atoms with E-state index >= 15 is 0 Å². The molecule has 0 radical (unpaired) electrons. The predicted octanol–water partition coefficient (Wildman–Crippen LogP) is 2.84. The van der Waals surface area contributed by atoms with Crippen LogP contribution in [0.5, 0.6) is 0 Å². The average molecular weight is 424 g/mol. The van der Waals surface area contributed by atoms with Crippen molar-refractivity contribution < 1.29 is 13.2 Å². The van der Waals surface area contributed by atoms with Crippen LogP contribution in [-0.4, -0.2) is 55.8 Å². The lowest BCUT2D eigenvalue weighted by Gasteiger charge is -2.30. The minimum atomic E-state index is -4.14. The Kier molecular flexibility index (Phi) is 12.4. The Hall–Kier alpha value is -0.250. The summed E-state index contributed by atoms with van der Waals surface area (Å²) in [6, 6.07) is 0.856. The molecule has 0 aromatic rings.